The molecular formula is C21H18ClIN2O2S2. The van der Waals surface area contributed by atoms with Crippen LogP contribution in [-0.2, 0) is 0 Å². The Morgan fingerprint density at radius 3 is 2.52 bits per heavy atom. The summed E-state index contributed by atoms with van der Waals surface area (Å²) >= 11 is 14.0. The second-order valence-corrected chi connectivity index (χ2v) is 9.04. The number of carbonyl (C=O) groups is 1. The van der Waals surface area contributed by atoms with E-state index < -0.39 is 0 Å². The third kappa shape index (κ3) is 5.14. The van der Waals surface area contributed by atoms with Gasteiger partial charge < -0.3 is 10.5 Å². The van der Waals surface area contributed by atoms with Crippen molar-refractivity contribution in [2.24, 2.45) is 0 Å². The van der Waals surface area contributed by atoms with Crippen molar-refractivity contribution in [2.45, 2.75) is 9.79 Å². The first-order valence-corrected chi connectivity index (χ1v) is 11.4. The molecule has 2 N–H and O–H groups in total. The number of halogens is 2. The third-order valence-corrected chi connectivity index (χ3v) is 6.67. The molecule has 0 fully saturated rings. The van der Waals surface area contributed by atoms with Crippen LogP contribution in [-0.4, -0.2) is 18.9 Å². The molecule has 0 radical (unpaired) electrons. The SMILES string of the molecule is COc1c(Cl)cc(C(=O)N2CSc3ccccc32)cc1I.Nc1ccccc1S. The maximum atomic E-state index is 12.7. The van der Waals surface area contributed by atoms with Crippen LogP contribution in [0, 0.1) is 3.57 Å². The van der Waals surface area contributed by atoms with E-state index in [2.05, 4.69) is 35.2 Å². The lowest BCUT2D eigenvalue weighted by Gasteiger charge is -2.17. The molecule has 1 aliphatic heterocycles. The molecule has 4 nitrogen and oxygen atoms in total. The number of thiol groups is 1. The fraction of sp³-hybridized carbons (Fsp3) is 0.0952. The molecule has 3 aromatic carbocycles. The number of rotatable bonds is 2. The van der Waals surface area contributed by atoms with Gasteiger partial charge in [-0.3, -0.25) is 9.69 Å². The molecule has 0 bridgehead atoms. The molecule has 0 aromatic heterocycles. The molecule has 3 aromatic rings. The van der Waals surface area contributed by atoms with Crippen molar-refractivity contribution < 1.29 is 9.53 Å². The third-order valence-electron chi connectivity index (χ3n) is 4.14. The lowest BCUT2D eigenvalue weighted by atomic mass is 10.2. The number of fused-ring (bicyclic) bond motifs is 1. The molecule has 1 amide bonds. The predicted octanol–water partition coefficient (Wildman–Crippen LogP) is 6.22. The Balaban J connectivity index is 0.000000252. The van der Waals surface area contributed by atoms with Crippen LogP contribution in [0.2, 0.25) is 5.02 Å². The van der Waals surface area contributed by atoms with Gasteiger partial charge in [-0.1, -0.05) is 35.9 Å². The van der Waals surface area contributed by atoms with Gasteiger partial charge >= 0.3 is 0 Å². The van der Waals surface area contributed by atoms with Crippen LogP contribution in [0.1, 0.15) is 10.4 Å². The van der Waals surface area contributed by atoms with Gasteiger partial charge in [0.15, 0.2) is 5.75 Å². The molecule has 0 atom stereocenters. The van der Waals surface area contributed by atoms with Crippen molar-refractivity contribution in [1.29, 1.82) is 0 Å². The highest BCUT2D eigenvalue weighted by molar-refractivity contribution is 14.1. The Kier molecular flexibility index (Phi) is 7.61. The minimum absolute atomic E-state index is 0.0464. The van der Waals surface area contributed by atoms with Crippen molar-refractivity contribution in [2.75, 3.05) is 23.6 Å². The Bertz CT molecular complexity index is 1000. The summed E-state index contributed by atoms with van der Waals surface area (Å²) in [5, 5.41) is 0.452. The van der Waals surface area contributed by atoms with E-state index in [4.69, 9.17) is 22.1 Å². The number of hydrogen-bond donors (Lipinski definition) is 2. The first-order chi connectivity index (χ1) is 13.9. The Morgan fingerprint density at radius 2 is 1.90 bits per heavy atom. The summed E-state index contributed by atoms with van der Waals surface area (Å²) in [5.74, 6) is 1.18. The standard InChI is InChI=1S/C15H11ClINO2S.C6H7NS/c1-20-14-10(16)6-9(7-11(14)17)15(19)18-8-21-13-5-3-2-4-12(13)18;7-5-3-1-2-4-6(5)8/h2-7H,8H2,1H3;1-4,8H,7H2. The quantitative estimate of drug-likeness (QED) is 0.224. The zero-order valence-electron chi connectivity index (χ0n) is 15.4. The van der Waals surface area contributed by atoms with Crippen molar-refractivity contribution >= 4 is 75.9 Å². The molecule has 0 aliphatic carbocycles. The normalized spacial score (nSPS) is 12.1. The minimum atomic E-state index is -0.0464. The van der Waals surface area contributed by atoms with Gasteiger partial charge in [0, 0.05) is 21.0 Å². The molecular weight excluding hydrogens is 539 g/mol. The van der Waals surface area contributed by atoms with Gasteiger partial charge in [-0.2, -0.15) is 0 Å². The number of benzene rings is 3. The second kappa shape index (κ2) is 9.97. The zero-order valence-corrected chi connectivity index (χ0v) is 20.1. The summed E-state index contributed by atoms with van der Waals surface area (Å²) in [7, 11) is 1.57. The molecule has 1 aliphatic rings. The van der Waals surface area contributed by atoms with Gasteiger partial charge in [0.1, 0.15) is 0 Å². The summed E-state index contributed by atoms with van der Waals surface area (Å²) in [6.45, 7) is 0. The van der Waals surface area contributed by atoms with Crippen molar-refractivity contribution in [3.8, 4) is 5.75 Å². The van der Waals surface area contributed by atoms with Crippen molar-refractivity contribution in [1.82, 2.24) is 0 Å². The summed E-state index contributed by atoms with van der Waals surface area (Å²) in [6, 6.07) is 18.8. The largest absolute Gasteiger partial charge is 0.494 e. The lowest BCUT2D eigenvalue weighted by Crippen LogP contribution is -2.27. The monoisotopic (exact) mass is 556 g/mol. The number of nitrogens with two attached hydrogens (primary N) is 1. The van der Waals surface area contributed by atoms with E-state index >= 15 is 0 Å². The number of nitrogens with zero attached hydrogens (tertiary/aromatic N) is 1. The maximum absolute atomic E-state index is 12.7. The Hall–Kier alpha value is -1.55. The molecule has 0 saturated heterocycles. The number of anilines is 2. The van der Waals surface area contributed by atoms with Crippen molar-refractivity contribution in [3.63, 3.8) is 0 Å². The fourth-order valence-corrected chi connectivity index (χ4v) is 5.18. The highest BCUT2D eigenvalue weighted by Crippen LogP contribution is 2.39. The van der Waals surface area contributed by atoms with Crippen LogP contribution >= 0.6 is 58.6 Å². The fourth-order valence-electron chi connectivity index (χ4n) is 2.70. The van der Waals surface area contributed by atoms with Gasteiger partial charge in [-0.15, -0.1) is 24.4 Å². The van der Waals surface area contributed by atoms with Crippen LogP contribution in [0.3, 0.4) is 0 Å². The first kappa shape index (κ1) is 22.1. The minimum Gasteiger partial charge on any atom is -0.494 e. The number of nitrogen functional groups attached to an aromatic ring is 1. The van der Waals surface area contributed by atoms with Crippen molar-refractivity contribution in [3.05, 3.63) is 74.8 Å². The molecule has 150 valence electrons. The van der Waals surface area contributed by atoms with Gasteiger partial charge in [-0.05, 0) is 59.0 Å². The predicted molar refractivity (Wildman–Crippen MR) is 133 cm³/mol. The first-order valence-electron chi connectivity index (χ1n) is 8.52. The molecule has 8 heteroatoms. The number of carbonyl (C=O) groups excluding carboxylic acids is 1. The van der Waals surface area contributed by atoms with Crippen LogP contribution < -0.4 is 15.4 Å². The number of para-hydroxylation sites is 2. The summed E-state index contributed by atoms with van der Waals surface area (Å²) < 4.78 is 6.05. The Morgan fingerprint density at radius 1 is 1.21 bits per heavy atom. The highest BCUT2D eigenvalue weighted by Gasteiger charge is 2.26. The maximum Gasteiger partial charge on any atom is 0.259 e. The molecule has 0 unspecified atom stereocenters. The number of amides is 1. The summed E-state index contributed by atoms with van der Waals surface area (Å²) in [5.41, 5.74) is 7.70. The average molecular weight is 557 g/mol. The molecule has 0 spiro atoms. The number of ether oxygens (including phenoxy) is 1. The van der Waals surface area contributed by atoms with E-state index in [1.165, 1.54) is 0 Å². The number of methoxy groups -OCH3 is 1. The summed E-state index contributed by atoms with van der Waals surface area (Å²) in [4.78, 5) is 16.5. The Labute approximate surface area is 198 Å². The van der Waals surface area contributed by atoms with E-state index in [0.717, 1.165) is 24.7 Å². The van der Waals surface area contributed by atoms with E-state index in [9.17, 15) is 4.79 Å². The molecule has 4 rings (SSSR count). The molecule has 29 heavy (non-hydrogen) atoms. The summed E-state index contributed by atoms with van der Waals surface area (Å²) in [6.07, 6.45) is 0. The van der Waals surface area contributed by atoms with Crippen LogP contribution in [0.4, 0.5) is 11.4 Å². The topological polar surface area (TPSA) is 55.6 Å². The van der Waals surface area contributed by atoms with E-state index in [-0.39, 0.29) is 5.91 Å². The molecule has 0 saturated carbocycles. The smallest absolute Gasteiger partial charge is 0.259 e. The van der Waals surface area contributed by atoms with Crippen LogP contribution in [0.15, 0.2) is 70.5 Å². The van der Waals surface area contributed by atoms with Gasteiger partial charge in [0.05, 0.1) is 27.3 Å². The van der Waals surface area contributed by atoms with Crippen LogP contribution in [0.5, 0.6) is 5.75 Å². The second-order valence-electron chi connectivity index (χ2n) is 6.01. The molecule has 1 heterocycles. The van der Waals surface area contributed by atoms with E-state index in [0.29, 0.717) is 22.2 Å². The highest BCUT2D eigenvalue weighted by atomic mass is 127. The van der Waals surface area contributed by atoms with E-state index in [1.54, 1.807) is 35.9 Å². The zero-order chi connectivity index (χ0) is 21.0. The number of thioether (sulfide) groups is 1. The average Bonchev–Trinajstić information content (AvgIpc) is 3.14. The van der Waals surface area contributed by atoms with Gasteiger partial charge in [-0.25, -0.2) is 0 Å². The van der Waals surface area contributed by atoms with Gasteiger partial charge in [0.2, 0.25) is 0 Å². The number of hydrogen-bond acceptors (Lipinski definition) is 5. The lowest BCUT2D eigenvalue weighted by molar-refractivity contribution is 0.0992. The van der Waals surface area contributed by atoms with Crippen LogP contribution in [0.25, 0.3) is 0 Å². The van der Waals surface area contributed by atoms with Gasteiger partial charge in [0.25, 0.3) is 5.91 Å². The van der Waals surface area contributed by atoms with E-state index in [1.807, 2.05) is 48.5 Å².